The molecule has 5 nitrogen and oxygen atoms in total. The van der Waals surface area contributed by atoms with Gasteiger partial charge in [-0.15, -0.1) is 10.2 Å². The van der Waals surface area contributed by atoms with Gasteiger partial charge in [-0.05, 0) is 17.7 Å². The van der Waals surface area contributed by atoms with Gasteiger partial charge in [0.2, 0.25) is 11.0 Å². The van der Waals surface area contributed by atoms with E-state index in [0.29, 0.717) is 5.13 Å². The maximum absolute atomic E-state index is 12.1. The highest BCUT2D eigenvalue weighted by Gasteiger charge is 2.10. The highest BCUT2D eigenvalue weighted by molar-refractivity contribution is 7.18. The number of benzene rings is 2. The number of amides is 1. The minimum atomic E-state index is -0.131. The van der Waals surface area contributed by atoms with Gasteiger partial charge in [0.25, 0.3) is 0 Å². The fourth-order valence-electron chi connectivity index (χ4n) is 2.10. The van der Waals surface area contributed by atoms with Crippen LogP contribution in [0.2, 0.25) is 0 Å². The van der Waals surface area contributed by atoms with Crippen molar-refractivity contribution in [3.8, 4) is 16.3 Å². The smallest absolute Gasteiger partial charge is 0.230 e. The van der Waals surface area contributed by atoms with Gasteiger partial charge in [-0.2, -0.15) is 0 Å². The van der Waals surface area contributed by atoms with Crippen LogP contribution in [0, 0.1) is 0 Å². The van der Waals surface area contributed by atoms with Crippen molar-refractivity contribution in [1.82, 2.24) is 10.2 Å². The molecule has 6 heteroatoms. The first kappa shape index (κ1) is 15.2. The van der Waals surface area contributed by atoms with Gasteiger partial charge in [-0.25, -0.2) is 0 Å². The lowest BCUT2D eigenvalue weighted by molar-refractivity contribution is -0.115. The third kappa shape index (κ3) is 3.92. The minimum absolute atomic E-state index is 0.131. The molecule has 0 spiro atoms. The van der Waals surface area contributed by atoms with Crippen LogP contribution >= 0.6 is 11.3 Å². The number of hydrogen-bond acceptors (Lipinski definition) is 5. The van der Waals surface area contributed by atoms with Crippen LogP contribution in [0.4, 0.5) is 5.13 Å². The van der Waals surface area contributed by atoms with Gasteiger partial charge in [-0.3, -0.25) is 4.79 Å². The summed E-state index contributed by atoms with van der Waals surface area (Å²) in [5.41, 5.74) is 1.87. The summed E-state index contributed by atoms with van der Waals surface area (Å²) >= 11 is 1.35. The zero-order valence-corrected chi connectivity index (χ0v) is 13.3. The van der Waals surface area contributed by atoms with Crippen molar-refractivity contribution < 1.29 is 9.53 Å². The molecular formula is C17H15N3O2S. The molecule has 0 unspecified atom stereocenters. The van der Waals surface area contributed by atoms with Gasteiger partial charge in [0.05, 0.1) is 13.5 Å². The van der Waals surface area contributed by atoms with Crippen LogP contribution in [0.1, 0.15) is 5.56 Å². The van der Waals surface area contributed by atoms with E-state index in [2.05, 4.69) is 15.5 Å². The number of nitrogens with one attached hydrogen (secondary N) is 1. The number of carbonyl (C=O) groups is 1. The summed E-state index contributed by atoms with van der Waals surface area (Å²) < 4.78 is 5.16. The zero-order valence-electron chi connectivity index (χ0n) is 12.5. The van der Waals surface area contributed by atoms with Crippen LogP contribution in [0.25, 0.3) is 10.6 Å². The van der Waals surface area contributed by atoms with Crippen LogP contribution in [0.5, 0.6) is 5.75 Å². The quantitative estimate of drug-likeness (QED) is 0.781. The Hall–Kier alpha value is -2.73. The topological polar surface area (TPSA) is 64.1 Å². The Morgan fingerprint density at radius 2 is 1.96 bits per heavy atom. The second-order valence-electron chi connectivity index (χ2n) is 4.85. The lowest BCUT2D eigenvalue weighted by Crippen LogP contribution is -2.14. The first-order chi connectivity index (χ1) is 11.2. The first-order valence-electron chi connectivity index (χ1n) is 7.06. The summed E-state index contributed by atoms with van der Waals surface area (Å²) in [7, 11) is 1.60. The summed E-state index contributed by atoms with van der Waals surface area (Å²) in [6.07, 6.45) is 0.261. The fraction of sp³-hybridized carbons (Fsp3) is 0.118. The zero-order chi connectivity index (χ0) is 16.1. The fourth-order valence-corrected chi connectivity index (χ4v) is 2.87. The molecule has 0 saturated heterocycles. The molecular weight excluding hydrogens is 310 g/mol. The standard InChI is InChI=1S/C17H15N3O2S/c1-22-14-9-5-6-12(10-14)11-15(21)18-17-20-19-16(23-17)13-7-3-2-4-8-13/h2-10H,11H2,1H3,(H,18,20,21). The number of methoxy groups -OCH3 is 1. The molecule has 3 rings (SSSR count). The van der Waals surface area contributed by atoms with Gasteiger partial charge in [0.15, 0.2) is 0 Å². The summed E-state index contributed by atoms with van der Waals surface area (Å²) in [5.74, 6) is 0.603. The third-order valence-corrected chi connectivity index (χ3v) is 4.08. The lowest BCUT2D eigenvalue weighted by atomic mass is 10.1. The number of anilines is 1. The largest absolute Gasteiger partial charge is 0.497 e. The Kier molecular flexibility index (Phi) is 4.63. The van der Waals surface area contributed by atoms with E-state index in [-0.39, 0.29) is 12.3 Å². The predicted octanol–water partition coefficient (Wildman–Crippen LogP) is 3.39. The number of nitrogens with zero attached hydrogens (tertiary/aromatic N) is 2. The normalized spacial score (nSPS) is 10.3. The maximum Gasteiger partial charge on any atom is 0.230 e. The molecule has 0 aliphatic carbocycles. The third-order valence-electron chi connectivity index (χ3n) is 3.19. The highest BCUT2D eigenvalue weighted by atomic mass is 32.1. The Bertz CT molecular complexity index is 802. The van der Waals surface area contributed by atoms with Gasteiger partial charge >= 0.3 is 0 Å². The van der Waals surface area contributed by atoms with Gasteiger partial charge in [0.1, 0.15) is 10.8 Å². The minimum Gasteiger partial charge on any atom is -0.497 e. The highest BCUT2D eigenvalue weighted by Crippen LogP contribution is 2.26. The number of aromatic nitrogens is 2. The van der Waals surface area contributed by atoms with Gasteiger partial charge < -0.3 is 10.1 Å². The average Bonchev–Trinajstić information content (AvgIpc) is 3.04. The van der Waals surface area contributed by atoms with Crippen molar-refractivity contribution in [3.63, 3.8) is 0 Å². The maximum atomic E-state index is 12.1. The second kappa shape index (κ2) is 7.02. The van der Waals surface area contributed by atoms with Crippen molar-refractivity contribution in [3.05, 3.63) is 60.2 Å². The molecule has 0 aliphatic rings. The van der Waals surface area contributed by atoms with E-state index in [4.69, 9.17) is 4.74 Å². The molecule has 2 aromatic carbocycles. The van der Waals surface area contributed by atoms with E-state index >= 15 is 0 Å². The van der Waals surface area contributed by atoms with Gasteiger partial charge in [0, 0.05) is 5.56 Å². The van der Waals surface area contributed by atoms with E-state index in [0.717, 1.165) is 21.9 Å². The average molecular weight is 325 g/mol. The van der Waals surface area contributed by atoms with Crippen molar-refractivity contribution in [2.24, 2.45) is 0 Å². The van der Waals surface area contributed by atoms with E-state index in [1.54, 1.807) is 7.11 Å². The van der Waals surface area contributed by atoms with Crippen LogP contribution in [-0.2, 0) is 11.2 Å². The molecule has 1 amide bonds. The molecule has 1 N–H and O–H groups in total. The van der Waals surface area contributed by atoms with E-state index in [9.17, 15) is 4.79 Å². The SMILES string of the molecule is COc1cccc(CC(=O)Nc2nnc(-c3ccccc3)s2)c1. The molecule has 0 fully saturated rings. The first-order valence-corrected chi connectivity index (χ1v) is 7.88. The van der Waals surface area contributed by atoms with Crippen molar-refractivity contribution in [2.75, 3.05) is 12.4 Å². The summed E-state index contributed by atoms with van der Waals surface area (Å²) in [4.78, 5) is 12.1. The van der Waals surface area contributed by atoms with E-state index < -0.39 is 0 Å². The van der Waals surface area contributed by atoms with Crippen LogP contribution in [0.15, 0.2) is 54.6 Å². The summed E-state index contributed by atoms with van der Waals surface area (Å²) in [6.45, 7) is 0. The Morgan fingerprint density at radius 3 is 2.74 bits per heavy atom. The molecule has 1 aromatic heterocycles. The number of hydrogen-bond donors (Lipinski definition) is 1. The van der Waals surface area contributed by atoms with Crippen LogP contribution < -0.4 is 10.1 Å². The number of ether oxygens (including phenoxy) is 1. The summed E-state index contributed by atoms with van der Waals surface area (Å²) in [5, 5.41) is 12.2. The predicted molar refractivity (Wildman–Crippen MR) is 90.7 cm³/mol. The number of carbonyl (C=O) groups excluding carboxylic acids is 1. The van der Waals surface area contributed by atoms with Crippen molar-refractivity contribution >= 4 is 22.4 Å². The lowest BCUT2D eigenvalue weighted by Gasteiger charge is -2.04. The van der Waals surface area contributed by atoms with Crippen molar-refractivity contribution in [1.29, 1.82) is 0 Å². The Morgan fingerprint density at radius 1 is 1.13 bits per heavy atom. The second-order valence-corrected chi connectivity index (χ2v) is 5.83. The monoisotopic (exact) mass is 325 g/mol. The van der Waals surface area contributed by atoms with E-state index in [1.165, 1.54) is 11.3 Å². The van der Waals surface area contributed by atoms with Gasteiger partial charge in [-0.1, -0.05) is 53.8 Å². The molecule has 116 valence electrons. The van der Waals surface area contributed by atoms with Crippen LogP contribution in [-0.4, -0.2) is 23.2 Å². The molecule has 3 aromatic rings. The molecule has 1 heterocycles. The van der Waals surface area contributed by atoms with Crippen molar-refractivity contribution in [2.45, 2.75) is 6.42 Å². The molecule has 0 atom stereocenters. The number of rotatable bonds is 5. The Balaban J connectivity index is 1.65. The molecule has 23 heavy (non-hydrogen) atoms. The molecule has 0 radical (unpaired) electrons. The Labute approximate surface area is 138 Å². The van der Waals surface area contributed by atoms with Crippen LogP contribution in [0.3, 0.4) is 0 Å². The molecule has 0 bridgehead atoms. The molecule has 0 aliphatic heterocycles. The van der Waals surface area contributed by atoms with E-state index in [1.807, 2.05) is 54.6 Å². The molecule has 0 saturated carbocycles. The summed E-state index contributed by atoms with van der Waals surface area (Å²) in [6, 6.07) is 17.2.